The number of anilines is 1. The fourth-order valence-electron chi connectivity index (χ4n) is 4.86. The van der Waals surface area contributed by atoms with Gasteiger partial charge in [0.15, 0.2) is 0 Å². The van der Waals surface area contributed by atoms with Gasteiger partial charge in [0.1, 0.15) is 0 Å². The predicted molar refractivity (Wildman–Crippen MR) is 148 cm³/mol. The van der Waals surface area contributed by atoms with Gasteiger partial charge < -0.3 is 25.0 Å². The van der Waals surface area contributed by atoms with Gasteiger partial charge in [-0.15, -0.1) is 0 Å². The molecule has 3 amide bonds. The Labute approximate surface area is 226 Å². The number of amides is 3. The molecule has 1 saturated carbocycles. The van der Waals surface area contributed by atoms with Crippen LogP contribution in [0.1, 0.15) is 57.9 Å². The zero-order valence-corrected chi connectivity index (χ0v) is 23.1. The Morgan fingerprint density at radius 3 is 2.37 bits per heavy atom. The molecular weight excluding hydrogens is 482 g/mol. The van der Waals surface area contributed by atoms with Crippen molar-refractivity contribution < 1.29 is 23.9 Å². The van der Waals surface area contributed by atoms with Crippen molar-refractivity contribution in [1.82, 2.24) is 10.2 Å². The maximum atomic E-state index is 12.6. The average Bonchev–Trinajstić information content (AvgIpc) is 3.17. The number of hydrogen-bond acceptors (Lipinski definition) is 5. The normalized spacial score (nSPS) is 20.5. The van der Waals surface area contributed by atoms with Gasteiger partial charge in [0.25, 0.3) is 5.91 Å². The van der Waals surface area contributed by atoms with Crippen LogP contribution < -0.4 is 10.6 Å². The number of carbonyl (C=O) groups is 3. The Bertz CT molecular complexity index is 994. The Balaban J connectivity index is 1.19. The van der Waals surface area contributed by atoms with E-state index in [1.807, 2.05) is 49.1 Å². The first-order valence-corrected chi connectivity index (χ1v) is 13.9. The van der Waals surface area contributed by atoms with Crippen molar-refractivity contribution in [2.24, 2.45) is 11.8 Å². The maximum absolute atomic E-state index is 12.6. The van der Waals surface area contributed by atoms with E-state index in [2.05, 4.69) is 23.6 Å². The molecule has 0 spiro atoms. The van der Waals surface area contributed by atoms with Crippen molar-refractivity contribution >= 4 is 23.4 Å². The van der Waals surface area contributed by atoms with Gasteiger partial charge in [0, 0.05) is 36.0 Å². The molecule has 38 heavy (non-hydrogen) atoms. The molecule has 1 aromatic rings. The third kappa shape index (κ3) is 9.40. The van der Waals surface area contributed by atoms with Crippen molar-refractivity contribution in [2.75, 3.05) is 44.8 Å². The van der Waals surface area contributed by atoms with Crippen LogP contribution in [0.15, 0.2) is 47.7 Å². The maximum Gasteiger partial charge on any atom is 0.253 e. The first kappa shape index (κ1) is 29.6. The summed E-state index contributed by atoms with van der Waals surface area (Å²) in [6.45, 7) is 8.73. The van der Waals surface area contributed by atoms with Crippen LogP contribution in [-0.2, 0) is 23.9 Å². The van der Waals surface area contributed by atoms with Crippen LogP contribution in [0.25, 0.3) is 0 Å². The molecule has 1 fully saturated rings. The predicted octanol–water partition coefficient (Wildman–Crippen LogP) is 4.36. The summed E-state index contributed by atoms with van der Waals surface area (Å²) in [5.74, 6) is 0.573. The highest BCUT2D eigenvalue weighted by Crippen LogP contribution is 2.32. The summed E-state index contributed by atoms with van der Waals surface area (Å²) >= 11 is 0. The second-order valence-electron chi connectivity index (χ2n) is 10.2. The van der Waals surface area contributed by atoms with Crippen LogP contribution in [0, 0.1) is 18.8 Å². The highest BCUT2D eigenvalue weighted by atomic mass is 16.5. The molecular formula is C30H43N3O5. The molecule has 0 saturated heterocycles. The lowest BCUT2D eigenvalue weighted by Crippen LogP contribution is -2.37. The molecule has 1 heterocycles. The Morgan fingerprint density at radius 2 is 1.68 bits per heavy atom. The minimum Gasteiger partial charge on any atom is -0.379 e. The number of nitrogens with zero attached hydrogens (tertiary/aromatic N) is 1. The van der Waals surface area contributed by atoms with E-state index in [-0.39, 0.29) is 30.1 Å². The molecule has 2 N–H and O–H groups in total. The highest BCUT2D eigenvalue weighted by Gasteiger charge is 2.31. The lowest BCUT2D eigenvalue weighted by molar-refractivity contribution is -0.127. The molecule has 0 aromatic heterocycles. The zero-order valence-electron chi connectivity index (χ0n) is 23.1. The van der Waals surface area contributed by atoms with Crippen molar-refractivity contribution in [3.05, 3.63) is 53.3 Å². The third-order valence-corrected chi connectivity index (χ3v) is 7.06. The van der Waals surface area contributed by atoms with Gasteiger partial charge >= 0.3 is 0 Å². The minimum atomic E-state index is -0.0822. The molecule has 0 atom stereocenters. The summed E-state index contributed by atoms with van der Waals surface area (Å²) in [6.07, 6.45) is 8.88. The SMILES string of the molecule is CC/C=C1/C=C(C)C(=O)N1CC1CCC(C(=O)NCCOCCOCCC(=O)Nc2ccc(C)cc2)CC1. The second kappa shape index (κ2) is 15.4. The molecule has 1 aliphatic carbocycles. The lowest BCUT2D eigenvalue weighted by atomic mass is 9.81. The van der Waals surface area contributed by atoms with Gasteiger partial charge in [-0.1, -0.05) is 30.7 Å². The molecule has 208 valence electrons. The van der Waals surface area contributed by atoms with Crippen LogP contribution in [0.3, 0.4) is 0 Å². The monoisotopic (exact) mass is 525 g/mol. The molecule has 0 unspecified atom stereocenters. The Kier molecular flexibility index (Phi) is 12.0. The lowest BCUT2D eigenvalue weighted by Gasteiger charge is -2.31. The van der Waals surface area contributed by atoms with E-state index in [1.165, 1.54) is 0 Å². The molecule has 2 aliphatic rings. The molecule has 8 nitrogen and oxygen atoms in total. The summed E-state index contributed by atoms with van der Waals surface area (Å²) in [4.78, 5) is 38.9. The van der Waals surface area contributed by atoms with Crippen molar-refractivity contribution in [3.8, 4) is 0 Å². The topological polar surface area (TPSA) is 97.0 Å². The van der Waals surface area contributed by atoms with Crippen LogP contribution in [-0.4, -0.2) is 62.1 Å². The fourth-order valence-corrected chi connectivity index (χ4v) is 4.86. The number of allylic oxidation sites excluding steroid dienone is 2. The third-order valence-electron chi connectivity index (χ3n) is 7.06. The highest BCUT2D eigenvalue weighted by molar-refractivity contribution is 5.98. The molecule has 3 rings (SSSR count). The van der Waals surface area contributed by atoms with Crippen molar-refractivity contribution in [3.63, 3.8) is 0 Å². The quantitative estimate of drug-likeness (QED) is 0.352. The number of benzene rings is 1. The minimum absolute atomic E-state index is 0.0282. The van der Waals surface area contributed by atoms with Crippen molar-refractivity contribution in [1.29, 1.82) is 0 Å². The largest absolute Gasteiger partial charge is 0.379 e. The van der Waals surface area contributed by atoms with Crippen LogP contribution in [0.4, 0.5) is 5.69 Å². The number of hydrogen-bond donors (Lipinski definition) is 2. The molecule has 0 bridgehead atoms. The number of ether oxygens (including phenoxy) is 2. The number of nitrogens with one attached hydrogen (secondary N) is 2. The smallest absolute Gasteiger partial charge is 0.253 e. The van der Waals surface area contributed by atoms with Crippen LogP contribution in [0.5, 0.6) is 0 Å². The first-order chi connectivity index (χ1) is 18.4. The average molecular weight is 526 g/mol. The van der Waals surface area contributed by atoms with E-state index in [4.69, 9.17) is 9.47 Å². The fraction of sp³-hybridized carbons (Fsp3) is 0.567. The van der Waals surface area contributed by atoms with Gasteiger partial charge in [-0.25, -0.2) is 0 Å². The van der Waals surface area contributed by atoms with E-state index in [0.717, 1.165) is 61.2 Å². The van der Waals surface area contributed by atoms with Gasteiger partial charge in [0.05, 0.1) is 32.8 Å². The number of rotatable bonds is 14. The van der Waals surface area contributed by atoms with Gasteiger partial charge in [-0.3, -0.25) is 14.4 Å². The second-order valence-corrected chi connectivity index (χ2v) is 10.2. The molecule has 0 radical (unpaired) electrons. The summed E-state index contributed by atoms with van der Waals surface area (Å²) in [6, 6.07) is 7.67. The van der Waals surface area contributed by atoms with E-state index in [1.54, 1.807) is 0 Å². The van der Waals surface area contributed by atoms with E-state index < -0.39 is 0 Å². The van der Waals surface area contributed by atoms with Gasteiger partial charge in [-0.2, -0.15) is 0 Å². The van der Waals surface area contributed by atoms with Crippen molar-refractivity contribution in [2.45, 2.75) is 59.3 Å². The molecule has 8 heteroatoms. The van der Waals surface area contributed by atoms with E-state index in [0.29, 0.717) is 38.9 Å². The van der Waals surface area contributed by atoms with Gasteiger partial charge in [0.2, 0.25) is 11.8 Å². The molecule has 1 aromatic carbocycles. The van der Waals surface area contributed by atoms with E-state index >= 15 is 0 Å². The van der Waals surface area contributed by atoms with E-state index in [9.17, 15) is 14.4 Å². The van der Waals surface area contributed by atoms with Gasteiger partial charge in [-0.05, 0) is 70.1 Å². The zero-order chi connectivity index (χ0) is 27.3. The first-order valence-electron chi connectivity index (χ1n) is 13.9. The van der Waals surface area contributed by atoms with Crippen LogP contribution >= 0.6 is 0 Å². The number of carbonyl (C=O) groups excluding carboxylic acids is 3. The number of aryl methyl sites for hydroxylation is 1. The summed E-state index contributed by atoms with van der Waals surface area (Å²) in [5.41, 5.74) is 3.74. The Morgan fingerprint density at radius 1 is 1.00 bits per heavy atom. The Hall–Kier alpha value is -2.97. The summed E-state index contributed by atoms with van der Waals surface area (Å²) in [5, 5.41) is 5.82. The standard InChI is InChI=1S/C30H43N3O5/c1-4-5-27-20-23(3)30(36)33(27)21-24-8-10-25(11-9-24)29(35)31-15-17-38-19-18-37-16-14-28(34)32-26-12-6-22(2)7-13-26/h5-7,12-13,20,24-25H,4,8-11,14-19,21H2,1-3H3,(H,31,35)(H,32,34)/b27-5-. The summed E-state index contributed by atoms with van der Waals surface area (Å²) < 4.78 is 11.0. The van der Waals surface area contributed by atoms with Crippen LogP contribution in [0.2, 0.25) is 0 Å². The summed E-state index contributed by atoms with van der Waals surface area (Å²) in [7, 11) is 0. The molecule has 1 aliphatic heterocycles.